The van der Waals surface area contributed by atoms with Gasteiger partial charge in [-0.1, -0.05) is 346 Å². The van der Waals surface area contributed by atoms with E-state index in [1.807, 2.05) is 48.5 Å². The molecule has 4 heterocycles. The van der Waals surface area contributed by atoms with Crippen molar-refractivity contribution in [2.75, 3.05) is 19.6 Å². The zero-order chi connectivity index (χ0) is 83.4. The number of benzene rings is 20. The topological polar surface area (TPSA) is 65.5 Å². The van der Waals surface area contributed by atoms with E-state index in [1.54, 1.807) is 0 Å². The Labute approximate surface area is 728 Å². The molecule has 8 heteroatoms. The van der Waals surface area contributed by atoms with E-state index >= 15 is 0 Å². The van der Waals surface area contributed by atoms with Crippen molar-refractivity contribution in [2.24, 2.45) is 0 Å². The van der Waals surface area contributed by atoms with E-state index in [9.17, 15) is 0 Å². The fraction of sp³-hybridized carbons (Fsp3) is 0. The highest BCUT2D eigenvalue weighted by Crippen LogP contribution is 2.53. The Bertz CT molecular complexity index is 8170. The molecule has 594 valence electrons. The standard InChI is InChI=1S/C60H40N2O2.C58H38N2O2/c1-3-16-41(17-4-1)43-32-36-46(37-33-43)61(55-28-14-25-52-50-23-8-11-30-57(50)63-59(52)55)48-21-13-20-45(40-48)49-22-7-10-27-54(49)62(47-38-34-44(35-39-47)42-18-5-2-6-19-42)56-29-15-26-53-51-24-9-12-31-58(51)64-60(53)56;1-2-16-39(17-3-1)40-34-36-43(37-35-40)59(53-30-14-26-49-47-24-7-10-32-55(47)61-57(49)53)44-21-12-20-42(38-44)46-23-6-9-28-51(46)60(52-29-13-19-41-18-4-5-22-45(41)52)54-31-15-27-50-48-25-8-11-33-56(48)62-58(50)54/h1-40H;1-38H. The van der Waals surface area contributed by atoms with Crippen molar-refractivity contribution < 1.29 is 17.7 Å². The summed E-state index contributed by atoms with van der Waals surface area (Å²) in [4.78, 5) is 9.37. The average Bonchev–Trinajstić information content (AvgIpc) is 1.46. The molecule has 0 spiro atoms. The van der Waals surface area contributed by atoms with Crippen LogP contribution in [0.1, 0.15) is 0 Å². The molecule has 24 aromatic rings. The average molecular weight is 1620 g/mol. The molecule has 0 aliphatic heterocycles. The minimum Gasteiger partial charge on any atom is -0.454 e. The minimum atomic E-state index is 0.837. The van der Waals surface area contributed by atoms with Crippen LogP contribution in [0, 0.1) is 0 Å². The zero-order valence-corrected chi connectivity index (χ0v) is 68.5. The molecule has 8 nitrogen and oxygen atoms in total. The van der Waals surface area contributed by atoms with Crippen molar-refractivity contribution in [3.8, 4) is 55.6 Å². The monoisotopic (exact) mass is 1610 g/mol. The van der Waals surface area contributed by atoms with Gasteiger partial charge in [-0.3, -0.25) is 0 Å². The molecule has 0 bridgehead atoms. The lowest BCUT2D eigenvalue weighted by atomic mass is 9.99. The second-order valence-electron chi connectivity index (χ2n) is 31.7. The molecule has 0 saturated carbocycles. The number of hydrogen-bond donors (Lipinski definition) is 0. The van der Waals surface area contributed by atoms with Crippen LogP contribution in [0.25, 0.3) is 154 Å². The predicted octanol–water partition coefficient (Wildman–Crippen LogP) is 34.3. The van der Waals surface area contributed by atoms with Crippen LogP contribution in [-0.2, 0) is 0 Å². The van der Waals surface area contributed by atoms with Crippen molar-refractivity contribution in [2.45, 2.75) is 0 Å². The lowest BCUT2D eigenvalue weighted by Gasteiger charge is -2.29. The number of rotatable bonds is 17. The summed E-state index contributed by atoms with van der Waals surface area (Å²) < 4.78 is 26.9. The van der Waals surface area contributed by atoms with Gasteiger partial charge < -0.3 is 37.3 Å². The third-order valence-corrected chi connectivity index (χ3v) is 24.3. The Morgan fingerprint density at radius 2 is 0.381 bits per heavy atom. The van der Waals surface area contributed by atoms with E-state index in [4.69, 9.17) is 17.7 Å². The van der Waals surface area contributed by atoms with Gasteiger partial charge in [0.2, 0.25) is 0 Å². The van der Waals surface area contributed by atoms with Crippen molar-refractivity contribution in [3.63, 3.8) is 0 Å². The lowest BCUT2D eigenvalue weighted by Crippen LogP contribution is -2.12. The molecule has 0 unspecified atom stereocenters. The van der Waals surface area contributed by atoms with Crippen LogP contribution >= 0.6 is 0 Å². The number of fused-ring (bicyclic) bond motifs is 13. The van der Waals surface area contributed by atoms with Crippen molar-refractivity contribution in [1.29, 1.82) is 0 Å². The first kappa shape index (κ1) is 74.1. The lowest BCUT2D eigenvalue weighted by molar-refractivity contribution is 0.668. The number of hydrogen-bond acceptors (Lipinski definition) is 8. The number of para-hydroxylation sites is 10. The maximum absolute atomic E-state index is 6.75. The van der Waals surface area contributed by atoms with E-state index in [1.165, 1.54) is 22.1 Å². The maximum atomic E-state index is 6.75. The van der Waals surface area contributed by atoms with Crippen LogP contribution in [0.2, 0.25) is 0 Å². The van der Waals surface area contributed by atoms with E-state index in [0.717, 1.165) is 200 Å². The van der Waals surface area contributed by atoms with Gasteiger partial charge in [-0.25, -0.2) is 0 Å². The SMILES string of the molecule is c1ccc(-c2ccc(N(c3cccc(-c4ccccc4N(c4ccc(-c5ccccc5)cc4)c4cccc5c4oc4ccccc45)c3)c3cccc4c3oc3ccccc34)cc2)cc1.c1ccc(-c2ccc(N(c3cccc(-c4ccccc4N(c4cccc5ccccc45)c4cccc5c4oc4ccccc45)c3)c3cccc4c3oc3ccccc34)cc2)cc1. The quantitative estimate of drug-likeness (QED) is 0.0894. The highest BCUT2D eigenvalue weighted by atomic mass is 16.3. The summed E-state index contributed by atoms with van der Waals surface area (Å²) in [6.45, 7) is 0. The van der Waals surface area contributed by atoms with Crippen molar-refractivity contribution in [3.05, 3.63) is 473 Å². The molecule has 0 radical (unpaired) electrons. The molecular formula is C118H78N4O4. The fourth-order valence-electron chi connectivity index (χ4n) is 18.4. The third kappa shape index (κ3) is 13.4. The highest BCUT2D eigenvalue weighted by molar-refractivity contribution is 6.16. The summed E-state index contributed by atoms with van der Waals surface area (Å²) in [5, 5.41) is 11.0. The van der Waals surface area contributed by atoms with Crippen LogP contribution < -0.4 is 19.6 Å². The Hall–Kier alpha value is -16.9. The molecule has 0 N–H and O–H groups in total. The number of nitrogens with zero attached hydrogens (tertiary/aromatic N) is 4. The molecule has 0 fully saturated rings. The Kier molecular flexibility index (Phi) is 18.8. The minimum absolute atomic E-state index is 0.837. The van der Waals surface area contributed by atoms with Gasteiger partial charge in [0.1, 0.15) is 22.3 Å². The summed E-state index contributed by atoms with van der Waals surface area (Å²) in [6.07, 6.45) is 0. The second kappa shape index (κ2) is 31.9. The van der Waals surface area contributed by atoms with Crippen LogP contribution in [0.3, 0.4) is 0 Å². The molecule has 0 amide bonds. The van der Waals surface area contributed by atoms with Gasteiger partial charge in [-0.05, 0) is 177 Å². The van der Waals surface area contributed by atoms with Gasteiger partial charge in [0, 0.05) is 88.0 Å². The Balaban J connectivity index is 0.000000145. The Morgan fingerprint density at radius 1 is 0.135 bits per heavy atom. The van der Waals surface area contributed by atoms with E-state index < -0.39 is 0 Å². The second-order valence-corrected chi connectivity index (χ2v) is 31.7. The summed E-state index contributed by atoms with van der Waals surface area (Å²) in [6, 6.07) is 167. The molecule has 24 rings (SSSR count). The van der Waals surface area contributed by atoms with E-state index in [-0.39, 0.29) is 0 Å². The number of anilines is 12. The molecule has 0 atom stereocenters. The predicted molar refractivity (Wildman–Crippen MR) is 525 cm³/mol. The zero-order valence-electron chi connectivity index (χ0n) is 68.5. The molecule has 126 heavy (non-hydrogen) atoms. The van der Waals surface area contributed by atoms with Gasteiger partial charge in [0.25, 0.3) is 0 Å². The first-order valence-corrected chi connectivity index (χ1v) is 42.7. The molecule has 0 saturated heterocycles. The molecule has 0 aliphatic carbocycles. The normalized spacial score (nSPS) is 11.5. The largest absolute Gasteiger partial charge is 0.454 e. The highest BCUT2D eigenvalue weighted by Gasteiger charge is 2.29. The van der Waals surface area contributed by atoms with Gasteiger partial charge in [0.05, 0.1) is 39.8 Å². The van der Waals surface area contributed by atoms with Gasteiger partial charge in [-0.2, -0.15) is 0 Å². The fourth-order valence-corrected chi connectivity index (χ4v) is 18.4. The molecule has 20 aromatic carbocycles. The third-order valence-electron chi connectivity index (χ3n) is 24.3. The first-order chi connectivity index (χ1) is 62.5. The van der Waals surface area contributed by atoms with Gasteiger partial charge >= 0.3 is 0 Å². The summed E-state index contributed by atoms with van der Waals surface area (Å²) in [5.41, 5.74) is 30.2. The molecule has 4 aromatic heterocycles. The van der Waals surface area contributed by atoms with Gasteiger partial charge in [-0.15, -0.1) is 0 Å². The van der Waals surface area contributed by atoms with E-state index in [2.05, 4.69) is 444 Å². The Morgan fingerprint density at radius 3 is 0.770 bits per heavy atom. The van der Waals surface area contributed by atoms with Gasteiger partial charge in [0.15, 0.2) is 22.3 Å². The smallest absolute Gasteiger partial charge is 0.159 e. The van der Waals surface area contributed by atoms with Crippen LogP contribution in [0.4, 0.5) is 68.2 Å². The summed E-state index contributed by atoms with van der Waals surface area (Å²) in [5.74, 6) is 0. The maximum Gasteiger partial charge on any atom is 0.159 e. The first-order valence-electron chi connectivity index (χ1n) is 42.7. The van der Waals surface area contributed by atoms with Crippen LogP contribution in [-0.4, -0.2) is 0 Å². The van der Waals surface area contributed by atoms with Crippen LogP contribution in [0.15, 0.2) is 491 Å². The van der Waals surface area contributed by atoms with Crippen molar-refractivity contribution in [1.82, 2.24) is 0 Å². The van der Waals surface area contributed by atoms with Crippen molar-refractivity contribution >= 4 is 167 Å². The van der Waals surface area contributed by atoms with Crippen LogP contribution in [0.5, 0.6) is 0 Å². The molecule has 0 aliphatic rings. The molecular weight excluding hydrogens is 1540 g/mol. The summed E-state index contributed by atoms with van der Waals surface area (Å²) >= 11 is 0. The van der Waals surface area contributed by atoms with E-state index in [0.29, 0.717) is 0 Å². The summed E-state index contributed by atoms with van der Waals surface area (Å²) in [7, 11) is 0. The number of furan rings is 4.